The minimum Gasteiger partial charge on any atom is -0.399 e. The van der Waals surface area contributed by atoms with Crippen LogP contribution in [-0.2, 0) is 15.7 Å². The zero-order valence-electron chi connectivity index (χ0n) is 11.4. The molecule has 0 aromatic carbocycles. The van der Waals surface area contributed by atoms with Gasteiger partial charge in [-0.05, 0) is 39.7 Å². The van der Waals surface area contributed by atoms with E-state index in [0.29, 0.717) is 0 Å². The molecule has 0 amide bonds. The Labute approximate surface area is 108 Å². The second-order valence-corrected chi connectivity index (χ2v) is 6.04. The van der Waals surface area contributed by atoms with E-state index in [1.54, 1.807) is 0 Å². The van der Waals surface area contributed by atoms with Crippen molar-refractivity contribution in [3.8, 4) is 0 Å². The molecule has 1 fully saturated rings. The summed E-state index contributed by atoms with van der Waals surface area (Å²) >= 11 is 0. The molecule has 2 aliphatic heterocycles. The van der Waals surface area contributed by atoms with Crippen LogP contribution in [0.25, 0.3) is 0 Å². The number of fused-ring (bicyclic) bond motifs is 1. The molecule has 1 saturated heterocycles. The fourth-order valence-corrected chi connectivity index (χ4v) is 2.30. The van der Waals surface area contributed by atoms with Crippen LogP contribution in [-0.4, -0.2) is 29.8 Å². The van der Waals surface area contributed by atoms with E-state index >= 15 is 0 Å². The molecule has 3 rings (SSSR count). The molecule has 0 radical (unpaired) electrons. The summed E-state index contributed by atoms with van der Waals surface area (Å²) in [5.74, 6) is 0.996. The molecule has 96 valence electrons. The summed E-state index contributed by atoms with van der Waals surface area (Å²) in [6.45, 7) is 9.23. The molecule has 3 heterocycles. The third-order valence-corrected chi connectivity index (χ3v) is 4.20. The average molecular weight is 246 g/mol. The fourth-order valence-electron chi connectivity index (χ4n) is 2.30. The molecule has 1 aromatic rings. The van der Waals surface area contributed by atoms with Crippen LogP contribution in [0.15, 0.2) is 12.3 Å². The van der Waals surface area contributed by atoms with E-state index in [4.69, 9.17) is 9.31 Å². The topological polar surface area (TPSA) is 43.4 Å². The summed E-state index contributed by atoms with van der Waals surface area (Å²) in [4.78, 5) is 4.43. The maximum absolute atomic E-state index is 6.03. The first-order valence-electron chi connectivity index (χ1n) is 6.47. The number of hydrogen-bond donors (Lipinski definition) is 1. The highest BCUT2D eigenvalue weighted by Gasteiger charge is 2.51. The van der Waals surface area contributed by atoms with Crippen molar-refractivity contribution in [2.24, 2.45) is 0 Å². The van der Waals surface area contributed by atoms with Crippen LogP contribution >= 0.6 is 0 Å². The molecule has 0 saturated carbocycles. The number of pyridine rings is 1. The first kappa shape index (κ1) is 12.0. The standard InChI is InChI=1S/C13H19BN2O2/c1-12(2)13(3,4)18-14(17-12)10-7-9-5-6-15-11(9)16-8-10/h7-8H,5-6H2,1-4H3,(H,15,16). The van der Waals surface area contributed by atoms with Gasteiger partial charge in [0.05, 0.1) is 11.2 Å². The van der Waals surface area contributed by atoms with Crippen molar-refractivity contribution in [1.29, 1.82) is 0 Å². The van der Waals surface area contributed by atoms with E-state index in [0.717, 1.165) is 24.2 Å². The monoisotopic (exact) mass is 246 g/mol. The third-order valence-electron chi connectivity index (χ3n) is 4.20. The summed E-state index contributed by atoms with van der Waals surface area (Å²) < 4.78 is 12.1. The molecule has 0 atom stereocenters. The highest BCUT2D eigenvalue weighted by atomic mass is 16.7. The Morgan fingerprint density at radius 2 is 1.89 bits per heavy atom. The summed E-state index contributed by atoms with van der Waals surface area (Å²) in [7, 11) is -0.312. The molecule has 0 unspecified atom stereocenters. The predicted octanol–water partition coefficient (Wildman–Crippen LogP) is 1.35. The minimum absolute atomic E-state index is 0.297. The van der Waals surface area contributed by atoms with E-state index in [9.17, 15) is 0 Å². The lowest BCUT2D eigenvalue weighted by Gasteiger charge is -2.32. The number of hydrogen-bond acceptors (Lipinski definition) is 4. The van der Waals surface area contributed by atoms with Crippen LogP contribution in [0.5, 0.6) is 0 Å². The van der Waals surface area contributed by atoms with Gasteiger partial charge in [0.25, 0.3) is 0 Å². The molecule has 2 aliphatic rings. The van der Waals surface area contributed by atoms with Gasteiger partial charge >= 0.3 is 7.12 Å². The molecular weight excluding hydrogens is 227 g/mol. The van der Waals surface area contributed by atoms with Gasteiger partial charge in [0.1, 0.15) is 5.82 Å². The van der Waals surface area contributed by atoms with Crippen molar-refractivity contribution in [2.75, 3.05) is 11.9 Å². The number of aromatic nitrogens is 1. The molecule has 1 aromatic heterocycles. The molecule has 5 heteroatoms. The van der Waals surface area contributed by atoms with Crippen molar-refractivity contribution in [3.05, 3.63) is 17.8 Å². The Morgan fingerprint density at radius 3 is 2.56 bits per heavy atom. The number of nitrogens with one attached hydrogen (secondary N) is 1. The molecular formula is C13H19BN2O2. The Bertz CT molecular complexity index is 472. The lowest BCUT2D eigenvalue weighted by Crippen LogP contribution is -2.41. The van der Waals surface area contributed by atoms with E-state index in [-0.39, 0.29) is 18.3 Å². The first-order chi connectivity index (χ1) is 8.39. The van der Waals surface area contributed by atoms with E-state index in [2.05, 4.69) is 44.1 Å². The summed E-state index contributed by atoms with van der Waals surface area (Å²) in [6.07, 6.45) is 2.87. The molecule has 18 heavy (non-hydrogen) atoms. The quantitative estimate of drug-likeness (QED) is 0.759. The maximum atomic E-state index is 6.03. The Balaban J connectivity index is 1.89. The summed E-state index contributed by atoms with van der Waals surface area (Å²) in [6, 6.07) is 2.14. The van der Waals surface area contributed by atoms with Crippen LogP contribution in [0, 0.1) is 0 Å². The second kappa shape index (κ2) is 3.71. The third kappa shape index (κ3) is 1.73. The summed E-state index contributed by atoms with van der Waals surface area (Å²) in [5, 5.41) is 3.26. The smallest absolute Gasteiger partial charge is 0.399 e. The van der Waals surface area contributed by atoms with Crippen molar-refractivity contribution < 1.29 is 9.31 Å². The Kier molecular flexibility index (Phi) is 2.47. The summed E-state index contributed by atoms with van der Waals surface area (Å²) in [5.41, 5.74) is 1.67. The van der Waals surface area contributed by atoms with E-state index in [1.807, 2.05) is 6.20 Å². The zero-order valence-corrected chi connectivity index (χ0v) is 11.4. The second-order valence-electron chi connectivity index (χ2n) is 6.04. The highest BCUT2D eigenvalue weighted by molar-refractivity contribution is 6.62. The Hall–Kier alpha value is -1.07. The van der Waals surface area contributed by atoms with Crippen molar-refractivity contribution in [3.63, 3.8) is 0 Å². The molecule has 4 nitrogen and oxygen atoms in total. The van der Waals surface area contributed by atoms with Crippen LogP contribution in [0.1, 0.15) is 33.3 Å². The molecule has 0 bridgehead atoms. The van der Waals surface area contributed by atoms with Gasteiger partial charge in [0.2, 0.25) is 0 Å². The van der Waals surface area contributed by atoms with Gasteiger partial charge in [-0.25, -0.2) is 4.98 Å². The van der Waals surface area contributed by atoms with Gasteiger partial charge in [0, 0.05) is 18.2 Å². The average Bonchev–Trinajstić information content (AvgIpc) is 2.80. The van der Waals surface area contributed by atoms with Gasteiger partial charge in [-0.2, -0.15) is 0 Å². The van der Waals surface area contributed by atoms with Crippen LogP contribution in [0.4, 0.5) is 5.82 Å². The highest BCUT2D eigenvalue weighted by Crippen LogP contribution is 2.36. The normalized spacial score (nSPS) is 23.9. The van der Waals surface area contributed by atoms with Crippen molar-refractivity contribution >= 4 is 18.4 Å². The first-order valence-corrected chi connectivity index (χ1v) is 6.47. The predicted molar refractivity (Wildman–Crippen MR) is 72.1 cm³/mol. The van der Waals surface area contributed by atoms with Gasteiger partial charge < -0.3 is 14.6 Å². The molecule has 1 N–H and O–H groups in total. The van der Waals surface area contributed by atoms with Gasteiger partial charge in [-0.1, -0.05) is 6.07 Å². The van der Waals surface area contributed by atoms with Crippen LogP contribution in [0.3, 0.4) is 0 Å². The van der Waals surface area contributed by atoms with Gasteiger partial charge in [-0.15, -0.1) is 0 Å². The van der Waals surface area contributed by atoms with E-state index in [1.165, 1.54) is 5.56 Å². The molecule has 0 spiro atoms. The minimum atomic E-state index is -0.312. The lowest BCUT2D eigenvalue weighted by molar-refractivity contribution is 0.00578. The maximum Gasteiger partial charge on any atom is 0.496 e. The fraction of sp³-hybridized carbons (Fsp3) is 0.615. The SMILES string of the molecule is CC1(C)OB(c2cnc3c(c2)CCN3)OC1(C)C. The Morgan fingerprint density at radius 1 is 1.22 bits per heavy atom. The van der Waals surface area contributed by atoms with Gasteiger partial charge in [0.15, 0.2) is 0 Å². The van der Waals surface area contributed by atoms with Crippen molar-refractivity contribution in [2.45, 2.75) is 45.3 Å². The number of anilines is 1. The van der Waals surface area contributed by atoms with Gasteiger partial charge in [-0.3, -0.25) is 0 Å². The molecule has 0 aliphatic carbocycles. The number of nitrogens with zero attached hydrogens (tertiary/aromatic N) is 1. The van der Waals surface area contributed by atoms with E-state index < -0.39 is 0 Å². The lowest BCUT2D eigenvalue weighted by atomic mass is 9.79. The number of rotatable bonds is 1. The zero-order chi connectivity index (χ0) is 13.0. The van der Waals surface area contributed by atoms with Crippen molar-refractivity contribution in [1.82, 2.24) is 4.98 Å². The van der Waals surface area contributed by atoms with Crippen LogP contribution in [0.2, 0.25) is 0 Å². The largest absolute Gasteiger partial charge is 0.496 e. The van der Waals surface area contributed by atoms with Crippen LogP contribution < -0.4 is 10.8 Å².